The topological polar surface area (TPSA) is 32.9 Å². The zero-order valence-electron chi connectivity index (χ0n) is 10.7. The van der Waals surface area contributed by atoms with Crippen molar-refractivity contribution in [2.75, 3.05) is 0 Å². The second-order valence-electron chi connectivity index (χ2n) is 4.71. The zero-order valence-corrected chi connectivity index (χ0v) is 11.5. The normalized spacial score (nSPS) is 10.9. The summed E-state index contributed by atoms with van der Waals surface area (Å²) in [7, 11) is 0. The highest BCUT2D eigenvalue weighted by molar-refractivity contribution is 6.31. The van der Waals surface area contributed by atoms with E-state index in [4.69, 9.17) is 11.6 Å². The van der Waals surface area contributed by atoms with Crippen molar-refractivity contribution in [2.24, 2.45) is 0 Å². The molecule has 0 aliphatic heterocycles. The number of aromatic nitrogens is 1. The first-order chi connectivity index (χ1) is 9.60. The Morgan fingerprint density at radius 2 is 2.00 bits per heavy atom. The van der Waals surface area contributed by atoms with E-state index in [1.54, 1.807) is 6.07 Å². The molecule has 0 bridgehead atoms. The van der Waals surface area contributed by atoms with Crippen LogP contribution < -0.4 is 0 Å². The maximum Gasteiger partial charge on any atom is 0.152 e. The highest BCUT2D eigenvalue weighted by Gasteiger charge is 2.13. The Labute approximate surface area is 120 Å². The Bertz CT molecular complexity index is 823. The second kappa shape index (κ2) is 4.76. The van der Waals surface area contributed by atoms with E-state index < -0.39 is 5.82 Å². The van der Waals surface area contributed by atoms with Gasteiger partial charge in [0, 0.05) is 22.0 Å². The molecule has 0 spiro atoms. The van der Waals surface area contributed by atoms with Crippen LogP contribution in [-0.4, -0.2) is 11.3 Å². The van der Waals surface area contributed by atoms with Gasteiger partial charge in [0.1, 0.15) is 5.82 Å². The third-order valence-corrected chi connectivity index (χ3v) is 3.61. The quantitative estimate of drug-likeness (QED) is 0.678. The SMILES string of the molecule is Cc1ccc2[nH]c(-c3ccc(F)c(Cl)c3)c(C=O)c2c1. The van der Waals surface area contributed by atoms with Gasteiger partial charge in [-0.05, 0) is 37.3 Å². The van der Waals surface area contributed by atoms with Crippen LogP contribution in [0.4, 0.5) is 4.39 Å². The molecule has 0 fully saturated rings. The molecule has 2 aromatic carbocycles. The largest absolute Gasteiger partial charge is 0.354 e. The van der Waals surface area contributed by atoms with Crippen LogP contribution >= 0.6 is 11.6 Å². The Kier molecular flexibility index (Phi) is 3.07. The van der Waals surface area contributed by atoms with Crippen molar-refractivity contribution in [3.05, 3.63) is 58.4 Å². The number of aromatic amines is 1. The molecule has 0 saturated heterocycles. The maximum absolute atomic E-state index is 13.2. The van der Waals surface area contributed by atoms with E-state index in [1.165, 1.54) is 12.1 Å². The fraction of sp³-hybridized carbons (Fsp3) is 0.0625. The molecule has 100 valence electrons. The molecule has 0 aliphatic carbocycles. The Morgan fingerprint density at radius 1 is 1.20 bits per heavy atom. The number of H-pyrrole nitrogens is 1. The van der Waals surface area contributed by atoms with Crippen LogP contribution in [0.2, 0.25) is 5.02 Å². The first-order valence-corrected chi connectivity index (χ1v) is 6.51. The highest BCUT2D eigenvalue weighted by atomic mass is 35.5. The molecule has 0 radical (unpaired) electrons. The Balaban J connectivity index is 2.30. The summed E-state index contributed by atoms with van der Waals surface area (Å²) in [4.78, 5) is 14.6. The van der Waals surface area contributed by atoms with Crippen molar-refractivity contribution in [2.45, 2.75) is 6.92 Å². The van der Waals surface area contributed by atoms with Crippen molar-refractivity contribution >= 4 is 28.8 Å². The lowest BCUT2D eigenvalue weighted by atomic mass is 10.1. The number of aryl methyl sites for hydroxylation is 1. The summed E-state index contributed by atoms with van der Waals surface area (Å²) in [6.45, 7) is 1.97. The van der Waals surface area contributed by atoms with Crippen molar-refractivity contribution in [3.63, 3.8) is 0 Å². The summed E-state index contributed by atoms with van der Waals surface area (Å²) >= 11 is 5.81. The number of benzene rings is 2. The van der Waals surface area contributed by atoms with Crippen molar-refractivity contribution in [3.8, 4) is 11.3 Å². The monoisotopic (exact) mass is 287 g/mol. The van der Waals surface area contributed by atoms with Gasteiger partial charge in [-0.2, -0.15) is 0 Å². The fourth-order valence-electron chi connectivity index (χ4n) is 2.33. The molecule has 2 nitrogen and oxygen atoms in total. The van der Waals surface area contributed by atoms with E-state index in [0.29, 0.717) is 16.8 Å². The standard InChI is InChI=1S/C16H11ClFNO/c1-9-2-5-15-11(6-9)12(8-20)16(19-15)10-3-4-14(18)13(17)7-10/h2-8,19H,1H3. The molecule has 4 heteroatoms. The number of hydrogen-bond donors (Lipinski definition) is 1. The lowest BCUT2D eigenvalue weighted by Gasteiger charge is -2.01. The van der Waals surface area contributed by atoms with Gasteiger partial charge >= 0.3 is 0 Å². The smallest absolute Gasteiger partial charge is 0.152 e. The molecular formula is C16H11ClFNO. The van der Waals surface area contributed by atoms with E-state index in [-0.39, 0.29) is 5.02 Å². The van der Waals surface area contributed by atoms with E-state index in [2.05, 4.69) is 4.98 Å². The summed E-state index contributed by atoms with van der Waals surface area (Å²) < 4.78 is 13.2. The van der Waals surface area contributed by atoms with E-state index in [1.807, 2.05) is 25.1 Å². The van der Waals surface area contributed by atoms with E-state index in [9.17, 15) is 9.18 Å². The first kappa shape index (κ1) is 12.9. The summed E-state index contributed by atoms with van der Waals surface area (Å²) in [5.74, 6) is -0.477. The van der Waals surface area contributed by atoms with Crippen LogP contribution in [-0.2, 0) is 0 Å². The third kappa shape index (κ3) is 2.00. The van der Waals surface area contributed by atoms with Gasteiger partial charge in [0.15, 0.2) is 6.29 Å². The molecule has 1 N–H and O–H groups in total. The predicted octanol–water partition coefficient (Wildman–Crippen LogP) is 4.75. The van der Waals surface area contributed by atoms with Gasteiger partial charge in [-0.15, -0.1) is 0 Å². The molecule has 0 aliphatic rings. The van der Waals surface area contributed by atoms with E-state index >= 15 is 0 Å². The fourth-order valence-corrected chi connectivity index (χ4v) is 2.51. The molecule has 1 heterocycles. The van der Waals surface area contributed by atoms with Gasteiger partial charge in [0.2, 0.25) is 0 Å². The van der Waals surface area contributed by atoms with Gasteiger partial charge in [-0.25, -0.2) is 4.39 Å². The minimum Gasteiger partial charge on any atom is -0.354 e. The molecule has 0 saturated carbocycles. The van der Waals surface area contributed by atoms with Gasteiger partial charge in [0.25, 0.3) is 0 Å². The molecule has 1 aromatic heterocycles. The third-order valence-electron chi connectivity index (χ3n) is 3.32. The summed E-state index contributed by atoms with van der Waals surface area (Å²) in [5, 5.41) is 0.893. The highest BCUT2D eigenvalue weighted by Crippen LogP contribution is 2.31. The molecular weight excluding hydrogens is 277 g/mol. The molecule has 3 rings (SSSR count). The average Bonchev–Trinajstić information content (AvgIpc) is 2.79. The maximum atomic E-state index is 13.2. The number of hydrogen-bond acceptors (Lipinski definition) is 1. The summed E-state index contributed by atoms with van der Waals surface area (Å²) in [6, 6.07) is 10.3. The van der Waals surface area contributed by atoms with Crippen molar-refractivity contribution < 1.29 is 9.18 Å². The molecule has 0 unspecified atom stereocenters. The zero-order chi connectivity index (χ0) is 14.3. The van der Waals surface area contributed by atoms with E-state index in [0.717, 1.165) is 22.8 Å². The number of carbonyl (C=O) groups excluding carboxylic acids is 1. The van der Waals surface area contributed by atoms with Gasteiger partial charge < -0.3 is 4.98 Å². The number of fused-ring (bicyclic) bond motifs is 1. The van der Waals surface area contributed by atoms with Gasteiger partial charge in [-0.3, -0.25) is 4.79 Å². The summed E-state index contributed by atoms with van der Waals surface area (Å²) in [5.41, 5.74) is 3.85. The van der Waals surface area contributed by atoms with Crippen LogP contribution in [0.5, 0.6) is 0 Å². The number of aldehydes is 1. The molecule has 0 atom stereocenters. The first-order valence-electron chi connectivity index (χ1n) is 6.13. The Morgan fingerprint density at radius 3 is 2.70 bits per heavy atom. The number of carbonyl (C=O) groups is 1. The number of halogens is 2. The van der Waals surface area contributed by atoms with Gasteiger partial charge in [-0.1, -0.05) is 23.2 Å². The Hall–Kier alpha value is -2.13. The number of nitrogens with one attached hydrogen (secondary N) is 1. The van der Waals surface area contributed by atoms with Crippen molar-refractivity contribution in [1.82, 2.24) is 4.98 Å². The van der Waals surface area contributed by atoms with Gasteiger partial charge in [0.05, 0.1) is 10.7 Å². The number of rotatable bonds is 2. The molecule has 20 heavy (non-hydrogen) atoms. The minimum atomic E-state index is -0.477. The second-order valence-corrected chi connectivity index (χ2v) is 5.12. The average molecular weight is 288 g/mol. The lowest BCUT2D eigenvalue weighted by Crippen LogP contribution is -1.86. The van der Waals surface area contributed by atoms with Crippen LogP contribution in [0, 0.1) is 12.7 Å². The van der Waals surface area contributed by atoms with Crippen LogP contribution in [0.1, 0.15) is 15.9 Å². The minimum absolute atomic E-state index is 0.0363. The van der Waals surface area contributed by atoms with Crippen LogP contribution in [0.3, 0.4) is 0 Å². The van der Waals surface area contributed by atoms with Crippen LogP contribution in [0.25, 0.3) is 22.2 Å². The van der Waals surface area contributed by atoms with Crippen molar-refractivity contribution in [1.29, 1.82) is 0 Å². The molecule has 3 aromatic rings. The predicted molar refractivity (Wildman–Crippen MR) is 78.8 cm³/mol. The lowest BCUT2D eigenvalue weighted by molar-refractivity contribution is 0.112. The summed E-state index contributed by atoms with van der Waals surface area (Å²) in [6.07, 6.45) is 0.810. The molecule has 0 amide bonds. The van der Waals surface area contributed by atoms with Crippen LogP contribution in [0.15, 0.2) is 36.4 Å².